The van der Waals surface area contributed by atoms with E-state index in [-0.39, 0.29) is 23.6 Å². The van der Waals surface area contributed by atoms with Gasteiger partial charge in [-0.25, -0.2) is 4.98 Å². The molecular formula is C19H23N3O3. The molecule has 1 aliphatic rings. The maximum atomic E-state index is 13.0. The van der Waals surface area contributed by atoms with Crippen LogP contribution in [0, 0.1) is 5.41 Å². The molecule has 2 heterocycles. The van der Waals surface area contributed by atoms with Gasteiger partial charge in [0.25, 0.3) is 11.5 Å². The topological polar surface area (TPSA) is 75.4 Å². The number of hydrogen-bond donors (Lipinski definition) is 1. The Morgan fingerprint density at radius 1 is 1.44 bits per heavy atom. The first-order valence-corrected chi connectivity index (χ1v) is 8.48. The molecule has 6 heteroatoms. The number of benzene rings is 1. The Labute approximate surface area is 146 Å². The van der Waals surface area contributed by atoms with Gasteiger partial charge in [-0.3, -0.25) is 9.59 Å². The monoisotopic (exact) mass is 341 g/mol. The van der Waals surface area contributed by atoms with Crippen LogP contribution in [0.4, 0.5) is 0 Å². The number of amides is 1. The Morgan fingerprint density at radius 2 is 2.20 bits per heavy atom. The van der Waals surface area contributed by atoms with Crippen molar-refractivity contribution in [2.45, 2.75) is 19.3 Å². The van der Waals surface area contributed by atoms with Crippen LogP contribution in [-0.2, 0) is 7.05 Å². The molecule has 1 aliphatic heterocycles. The predicted molar refractivity (Wildman–Crippen MR) is 96.5 cm³/mol. The highest BCUT2D eigenvalue weighted by Crippen LogP contribution is 2.33. The number of likely N-dealkylation sites (tertiary alicyclic amines) is 1. The SMILES string of the molecule is C=CCC1(CO)CCCN(C(=O)c2nc3ccccc3n(C)c2=O)C1. The van der Waals surface area contributed by atoms with Crippen molar-refractivity contribution in [3.8, 4) is 0 Å². The van der Waals surface area contributed by atoms with Crippen LogP contribution < -0.4 is 5.56 Å². The number of piperidine rings is 1. The molecule has 1 amide bonds. The second-order valence-corrected chi connectivity index (χ2v) is 6.79. The van der Waals surface area contributed by atoms with Gasteiger partial charge in [0.2, 0.25) is 0 Å². The van der Waals surface area contributed by atoms with Gasteiger partial charge < -0.3 is 14.6 Å². The summed E-state index contributed by atoms with van der Waals surface area (Å²) in [7, 11) is 1.65. The average molecular weight is 341 g/mol. The number of nitrogens with zero attached hydrogens (tertiary/aromatic N) is 3. The Hall–Kier alpha value is -2.47. The molecule has 0 bridgehead atoms. The fraction of sp³-hybridized carbons (Fsp3) is 0.421. The van der Waals surface area contributed by atoms with Crippen LogP contribution in [0.2, 0.25) is 0 Å². The minimum Gasteiger partial charge on any atom is -0.396 e. The van der Waals surface area contributed by atoms with E-state index in [1.807, 2.05) is 12.1 Å². The molecule has 6 nitrogen and oxygen atoms in total. The van der Waals surface area contributed by atoms with E-state index in [9.17, 15) is 14.7 Å². The number of aromatic nitrogens is 2. The summed E-state index contributed by atoms with van der Waals surface area (Å²) in [6.07, 6.45) is 4.03. The van der Waals surface area contributed by atoms with E-state index in [1.54, 1.807) is 30.2 Å². The number of para-hydroxylation sites is 2. The van der Waals surface area contributed by atoms with Crippen LogP contribution in [0.15, 0.2) is 41.7 Å². The Kier molecular flexibility index (Phi) is 4.72. The standard InChI is InChI=1S/C19H23N3O3/c1-3-9-19(13-23)10-6-11-22(12-19)18(25)16-17(24)21(2)15-8-5-4-7-14(15)20-16/h3-5,7-8,23H,1,6,9-13H2,2H3. The smallest absolute Gasteiger partial charge is 0.282 e. The number of rotatable bonds is 4. The number of carbonyl (C=O) groups excluding carboxylic acids is 1. The minimum atomic E-state index is -0.396. The van der Waals surface area contributed by atoms with E-state index in [0.29, 0.717) is 30.5 Å². The second-order valence-electron chi connectivity index (χ2n) is 6.79. The van der Waals surface area contributed by atoms with E-state index in [4.69, 9.17) is 0 Å². The van der Waals surface area contributed by atoms with E-state index in [2.05, 4.69) is 11.6 Å². The molecule has 0 aliphatic carbocycles. The van der Waals surface area contributed by atoms with Crippen molar-refractivity contribution in [2.75, 3.05) is 19.7 Å². The van der Waals surface area contributed by atoms with Gasteiger partial charge in [0.05, 0.1) is 17.6 Å². The summed E-state index contributed by atoms with van der Waals surface area (Å²) >= 11 is 0. The lowest BCUT2D eigenvalue weighted by Crippen LogP contribution is -2.49. The predicted octanol–water partition coefficient (Wildman–Crippen LogP) is 1.72. The van der Waals surface area contributed by atoms with Crippen molar-refractivity contribution in [1.29, 1.82) is 0 Å². The van der Waals surface area contributed by atoms with Gasteiger partial charge in [0.1, 0.15) is 0 Å². The summed E-state index contributed by atoms with van der Waals surface area (Å²) < 4.78 is 1.46. The zero-order valence-electron chi connectivity index (χ0n) is 14.4. The summed E-state index contributed by atoms with van der Waals surface area (Å²) in [4.78, 5) is 31.5. The second kappa shape index (κ2) is 6.80. The van der Waals surface area contributed by atoms with E-state index < -0.39 is 5.56 Å². The molecule has 2 aromatic rings. The van der Waals surface area contributed by atoms with Crippen LogP contribution in [0.3, 0.4) is 0 Å². The fourth-order valence-corrected chi connectivity index (χ4v) is 3.62. The van der Waals surface area contributed by atoms with Crippen LogP contribution >= 0.6 is 0 Å². The molecule has 132 valence electrons. The number of fused-ring (bicyclic) bond motifs is 1. The van der Waals surface area contributed by atoms with Crippen LogP contribution in [-0.4, -0.2) is 45.2 Å². The molecule has 1 N–H and O–H groups in total. The highest BCUT2D eigenvalue weighted by atomic mass is 16.3. The molecule has 1 unspecified atom stereocenters. The molecule has 0 spiro atoms. The van der Waals surface area contributed by atoms with Crippen LogP contribution in [0.25, 0.3) is 11.0 Å². The first-order chi connectivity index (χ1) is 12.0. The van der Waals surface area contributed by atoms with E-state index >= 15 is 0 Å². The van der Waals surface area contributed by atoms with Crippen molar-refractivity contribution in [2.24, 2.45) is 12.5 Å². The quantitative estimate of drug-likeness (QED) is 0.859. The summed E-state index contributed by atoms with van der Waals surface area (Å²) in [5, 5.41) is 9.82. The minimum absolute atomic E-state index is 0.00798. The average Bonchev–Trinajstić information content (AvgIpc) is 2.64. The third-order valence-corrected chi connectivity index (χ3v) is 5.05. The number of allylic oxidation sites excluding steroid dienone is 1. The Morgan fingerprint density at radius 3 is 2.92 bits per heavy atom. The molecule has 1 fully saturated rings. The molecular weight excluding hydrogens is 318 g/mol. The summed E-state index contributed by atoms with van der Waals surface area (Å²) in [5.74, 6) is -0.368. The van der Waals surface area contributed by atoms with Crippen molar-refractivity contribution in [3.63, 3.8) is 0 Å². The fourth-order valence-electron chi connectivity index (χ4n) is 3.62. The lowest BCUT2D eigenvalue weighted by molar-refractivity contribution is 0.0280. The third kappa shape index (κ3) is 3.09. The van der Waals surface area contributed by atoms with Gasteiger partial charge >= 0.3 is 0 Å². The summed E-state index contributed by atoms with van der Waals surface area (Å²) in [6, 6.07) is 7.26. The summed E-state index contributed by atoms with van der Waals surface area (Å²) in [5.41, 5.74) is 0.474. The highest BCUT2D eigenvalue weighted by molar-refractivity contribution is 5.94. The Balaban J connectivity index is 1.98. The Bertz CT molecular complexity index is 874. The summed E-state index contributed by atoms with van der Waals surface area (Å²) in [6.45, 7) is 4.72. The van der Waals surface area contributed by atoms with Crippen LogP contribution in [0.5, 0.6) is 0 Å². The van der Waals surface area contributed by atoms with Gasteiger partial charge in [-0.15, -0.1) is 6.58 Å². The molecule has 1 aromatic heterocycles. The van der Waals surface area contributed by atoms with E-state index in [0.717, 1.165) is 12.8 Å². The molecule has 1 aromatic carbocycles. The maximum Gasteiger partial charge on any atom is 0.282 e. The highest BCUT2D eigenvalue weighted by Gasteiger charge is 2.37. The van der Waals surface area contributed by atoms with Crippen molar-refractivity contribution in [3.05, 3.63) is 53.0 Å². The first kappa shape index (κ1) is 17.4. The number of aliphatic hydroxyl groups excluding tert-OH is 1. The molecule has 3 rings (SSSR count). The molecule has 0 radical (unpaired) electrons. The number of hydrogen-bond acceptors (Lipinski definition) is 4. The van der Waals surface area contributed by atoms with Crippen LogP contribution in [0.1, 0.15) is 29.8 Å². The molecule has 1 atom stereocenters. The lowest BCUT2D eigenvalue weighted by atomic mass is 9.78. The maximum absolute atomic E-state index is 13.0. The van der Waals surface area contributed by atoms with Crippen molar-refractivity contribution >= 4 is 16.9 Å². The number of carbonyl (C=O) groups is 1. The zero-order chi connectivity index (χ0) is 18.0. The van der Waals surface area contributed by atoms with E-state index in [1.165, 1.54) is 4.57 Å². The third-order valence-electron chi connectivity index (χ3n) is 5.05. The van der Waals surface area contributed by atoms with Gasteiger partial charge in [-0.1, -0.05) is 18.2 Å². The van der Waals surface area contributed by atoms with Gasteiger partial charge in [-0.05, 0) is 31.4 Å². The van der Waals surface area contributed by atoms with Gasteiger partial charge in [0.15, 0.2) is 5.69 Å². The number of aliphatic hydroxyl groups is 1. The molecule has 0 saturated carbocycles. The van der Waals surface area contributed by atoms with Crippen molar-refractivity contribution in [1.82, 2.24) is 14.5 Å². The molecule has 25 heavy (non-hydrogen) atoms. The lowest BCUT2D eigenvalue weighted by Gasteiger charge is -2.41. The first-order valence-electron chi connectivity index (χ1n) is 8.48. The largest absolute Gasteiger partial charge is 0.396 e. The normalized spacial score (nSPS) is 20.6. The van der Waals surface area contributed by atoms with Gasteiger partial charge in [0, 0.05) is 25.6 Å². The van der Waals surface area contributed by atoms with Gasteiger partial charge in [-0.2, -0.15) is 0 Å². The van der Waals surface area contributed by atoms with Crippen molar-refractivity contribution < 1.29 is 9.90 Å². The number of aryl methyl sites for hydroxylation is 1. The molecule has 1 saturated heterocycles. The zero-order valence-corrected chi connectivity index (χ0v) is 14.4.